The molecule has 126 valence electrons. The van der Waals surface area contributed by atoms with Gasteiger partial charge in [-0.3, -0.25) is 4.79 Å². The van der Waals surface area contributed by atoms with Crippen molar-refractivity contribution in [3.8, 4) is 22.8 Å². The van der Waals surface area contributed by atoms with Gasteiger partial charge < -0.3 is 19.2 Å². The summed E-state index contributed by atoms with van der Waals surface area (Å²) < 4.78 is 16.2. The van der Waals surface area contributed by atoms with Gasteiger partial charge in [-0.2, -0.15) is 0 Å². The molecule has 0 aliphatic carbocycles. The molecule has 1 aromatic heterocycles. The fraction of sp³-hybridized carbons (Fsp3) is 0.105. The van der Waals surface area contributed by atoms with Crippen LogP contribution in [-0.4, -0.2) is 12.7 Å². The topological polar surface area (TPSA) is 60.7 Å². The number of ether oxygens (including phenoxy) is 2. The Hall–Kier alpha value is -2.92. The second-order valence-corrected chi connectivity index (χ2v) is 5.92. The number of hydrogen-bond acceptors (Lipinski definition) is 4. The molecule has 25 heavy (non-hydrogen) atoms. The van der Waals surface area contributed by atoms with Crippen LogP contribution < -0.4 is 14.8 Å². The van der Waals surface area contributed by atoms with Crippen LogP contribution in [-0.2, 0) is 6.54 Å². The first-order valence-corrected chi connectivity index (χ1v) is 8.10. The fourth-order valence-electron chi connectivity index (χ4n) is 2.59. The molecule has 2 heterocycles. The fourth-order valence-corrected chi connectivity index (χ4v) is 2.81. The molecule has 1 N–H and O–H groups in total. The molecular weight excluding hydrogens is 342 g/mol. The Balaban J connectivity index is 1.44. The van der Waals surface area contributed by atoms with E-state index in [9.17, 15) is 4.79 Å². The van der Waals surface area contributed by atoms with Gasteiger partial charge in [-0.1, -0.05) is 29.8 Å². The Labute approximate surface area is 149 Å². The number of amides is 1. The number of halogens is 1. The molecule has 1 aliphatic heterocycles. The van der Waals surface area contributed by atoms with Crippen molar-refractivity contribution in [2.75, 3.05) is 6.79 Å². The molecule has 0 fully saturated rings. The molecule has 1 aliphatic rings. The summed E-state index contributed by atoms with van der Waals surface area (Å²) in [5.74, 6) is 1.89. The molecule has 0 radical (unpaired) electrons. The highest BCUT2D eigenvalue weighted by Gasteiger charge is 2.16. The summed E-state index contributed by atoms with van der Waals surface area (Å²) in [7, 11) is 0. The second kappa shape index (κ2) is 6.53. The standard InChI is InChI=1S/C19H14ClNO4/c20-14-4-2-1-3-13(14)15-7-8-17(25-15)19(22)21-10-12-5-6-16-18(9-12)24-11-23-16/h1-9H,10-11H2,(H,21,22). The molecule has 0 saturated carbocycles. The summed E-state index contributed by atoms with van der Waals surface area (Å²) in [6.07, 6.45) is 0. The number of rotatable bonds is 4. The lowest BCUT2D eigenvalue weighted by molar-refractivity contribution is 0.0924. The maximum absolute atomic E-state index is 12.3. The van der Waals surface area contributed by atoms with E-state index in [1.54, 1.807) is 18.2 Å². The van der Waals surface area contributed by atoms with Crippen LogP contribution in [0.5, 0.6) is 11.5 Å². The first-order chi connectivity index (χ1) is 12.2. The Morgan fingerprint density at radius 1 is 1.04 bits per heavy atom. The summed E-state index contributed by atoms with van der Waals surface area (Å²) in [5.41, 5.74) is 1.66. The van der Waals surface area contributed by atoms with Gasteiger partial charge in [0, 0.05) is 12.1 Å². The molecule has 0 unspecified atom stereocenters. The predicted molar refractivity (Wildman–Crippen MR) is 92.9 cm³/mol. The third-order valence-corrected chi connectivity index (χ3v) is 4.19. The number of benzene rings is 2. The highest BCUT2D eigenvalue weighted by Crippen LogP contribution is 2.32. The maximum Gasteiger partial charge on any atom is 0.287 e. The molecule has 0 atom stereocenters. The first kappa shape index (κ1) is 15.6. The van der Waals surface area contributed by atoms with Crippen LogP contribution in [0.3, 0.4) is 0 Å². The van der Waals surface area contributed by atoms with E-state index >= 15 is 0 Å². The monoisotopic (exact) mass is 355 g/mol. The van der Waals surface area contributed by atoms with Crippen LogP contribution in [0.25, 0.3) is 11.3 Å². The van der Waals surface area contributed by atoms with E-state index < -0.39 is 0 Å². The van der Waals surface area contributed by atoms with E-state index in [1.165, 1.54) is 0 Å². The second-order valence-electron chi connectivity index (χ2n) is 5.51. The number of hydrogen-bond donors (Lipinski definition) is 1. The van der Waals surface area contributed by atoms with Crippen LogP contribution >= 0.6 is 11.6 Å². The van der Waals surface area contributed by atoms with Crippen molar-refractivity contribution in [3.05, 3.63) is 70.9 Å². The Morgan fingerprint density at radius 2 is 1.88 bits per heavy atom. The van der Waals surface area contributed by atoms with Crippen molar-refractivity contribution in [2.24, 2.45) is 0 Å². The molecule has 0 spiro atoms. The van der Waals surface area contributed by atoms with Gasteiger partial charge in [0.05, 0.1) is 5.02 Å². The first-order valence-electron chi connectivity index (χ1n) is 7.72. The number of fused-ring (bicyclic) bond motifs is 1. The SMILES string of the molecule is O=C(NCc1ccc2c(c1)OCO2)c1ccc(-c2ccccc2Cl)o1. The van der Waals surface area contributed by atoms with Crippen molar-refractivity contribution < 1.29 is 18.7 Å². The highest BCUT2D eigenvalue weighted by atomic mass is 35.5. The van der Waals surface area contributed by atoms with Gasteiger partial charge in [0.25, 0.3) is 5.91 Å². The Kier molecular flexibility index (Phi) is 4.07. The lowest BCUT2D eigenvalue weighted by Crippen LogP contribution is -2.22. The molecule has 0 saturated heterocycles. The number of carbonyl (C=O) groups excluding carboxylic acids is 1. The maximum atomic E-state index is 12.3. The van der Waals surface area contributed by atoms with Gasteiger partial charge in [-0.15, -0.1) is 0 Å². The molecule has 3 aromatic rings. The van der Waals surface area contributed by atoms with E-state index in [0.717, 1.165) is 11.1 Å². The van der Waals surface area contributed by atoms with E-state index in [-0.39, 0.29) is 18.5 Å². The molecule has 4 rings (SSSR count). The van der Waals surface area contributed by atoms with Crippen molar-refractivity contribution in [1.82, 2.24) is 5.32 Å². The molecule has 2 aromatic carbocycles. The molecule has 0 bridgehead atoms. The Bertz CT molecular complexity index is 935. The lowest BCUT2D eigenvalue weighted by atomic mass is 10.2. The molecule has 1 amide bonds. The summed E-state index contributed by atoms with van der Waals surface area (Å²) in [4.78, 5) is 12.3. The van der Waals surface area contributed by atoms with Crippen LogP contribution in [0.4, 0.5) is 0 Å². The number of furan rings is 1. The average molecular weight is 356 g/mol. The van der Waals surface area contributed by atoms with Gasteiger partial charge in [0.1, 0.15) is 5.76 Å². The van der Waals surface area contributed by atoms with Crippen LogP contribution in [0.15, 0.2) is 59.0 Å². The van der Waals surface area contributed by atoms with Gasteiger partial charge in [-0.25, -0.2) is 0 Å². The molecular formula is C19H14ClNO4. The molecule has 5 nitrogen and oxygen atoms in total. The van der Waals surface area contributed by atoms with E-state index in [4.69, 9.17) is 25.5 Å². The van der Waals surface area contributed by atoms with Crippen LogP contribution in [0.2, 0.25) is 5.02 Å². The summed E-state index contributed by atoms with van der Waals surface area (Å²) in [6, 6.07) is 16.2. The minimum atomic E-state index is -0.295. The number of nitrogens with one attached hydrogen (secondary N) is 1. The van der Waals surface area contributed by atoms with Crippen molar-refractivity contribution >= 4 is 17.5 Å². The van der Waals surface area contributed by atoms with Crippen molar-refractivity contribution in [3.63, 3.8) is 0 Å². The zero-order valence-corrected chi connectivity index (χ0v) is 13.9. The third kappa shape index (κ3) is 3.19. The zero-order chi connectivity index (χ0) is 17.2. The average Bonchev–Trinajstić information content (AvgIpc) is 3.29. The van der Waals surface area contributed by atoms with E-state index in [0.29, 0.717) is 28.8 Å². The van der Waals surface area contributed by atoms with Crippen molar-refractivity contribution in [1.29, 1.82) is 0 Å². The third-order valence-electron chi connectivity index (χ3n) is 3.86. The Morgan fingerprint density at radius 3 is 2.76 bits per heavy atom. The number of carbonyl (C=O) groups is 1. The predicted octanol–water partition coefficient (Wildman–Crippen LogP) is 4.26. The van der Waals surface area contributed by atoms with Crippen LogP contribution in [0.1, 0.15) is 16.1 Å². The summed E-state index contributed by atoms with van der Waals surface area (Å²) in [6.45, 7) is 0.583. The van der Waals surface area contributed by atoms with Crippen LogP contribution in [0, 0.1) is 0 Å². The lowest BCUT2D eigenvalue weighted by Gasteiger charge is -2.05. The van der Waals surface area contributed by atoms with Crippen molar-refractivity contribution in [2.45, 2.75) is 6.54 Å². The van der Waals surface area contributed by atoms with E-state index in [1.807, 2.05) is 36.4 Å². The smallest absolute Gasteiger partial charge is 0.287 e. The zero-order valence-electron chi connectivity index (χ0n) is 13.1. The summed E-state index contributed by atoms with van der Waals surface area (Å²) >= 11 is 6.15. The highest BCUT2D eigenvalue weighted by molar-refractivity contribution is 6.33. The van der Waals surface area contributed by atoms with Gasteiger partial charge >= 0.3 is 0 Å². The minimum absolute atomic E-state index is 0.225. The van der Waals surface area contributed by atoms with E-state index in [2.05, 4.69) is 5.32 Å². The quantitative estimate of drug-likeness (QED) is 0.759. The molecule has 6 heteroatoms. The summed E-state index contributed by atoms with van der Waals surface area (Å²) in [5, 5.41) is 3.40. The largest absolute Gasteiger partial charge is 0.454 e. The van der Waals surface area contributed by atoms with Gasteiger partial charge in [0.15, 0.2) is 17.3 Å². The van der Waals surface area contributed by atoms with Gasteiger partial charge in [-0.05, 0) is 42.0 Å². The van der Waals surface area contributed by atoms with Gasteiger partial charge in [0.2, 0.25) is 6.79 Å². The normalized spacial score (nSPS) is 12.2. The minimum Gasteiger partial charge on any atom is -0.454 e.